The van der Waals surface area contributed by atoms with Crippen LogP contribution in [-0.2, 0) is 0 Å². The van der Waals surface area contributed by atoms with Crippen molar-refractivity contribution < 1.29 is 8.83 Å². The molecule has 12 aromatic rings. The number of fused-ring (bicyclic) bond motifs is 13. The highest BCUT2D eigenvalue weighted by atomic mass is 16.3. The van der Waals surface area contributed by atoms with Crippen LogP contribution in [0.1, 0.15) is 0 Å². The minimum atomic E-state index is 0.857. The first-order chi connectivity index (χ1) is 26.8. The van der Waals surface area contributed by atoms with E-state index in [1.807, 2.05) is 18.3 Å². The Morgan fingerprint density at radius 3 is 1.56 bits per heavy atom. The van der Waals surface area contributed by atoms with Crippen LogP contribution in [0.3, 0.4) is 0 Å². The van der Waals surface area contributed by atoms with E-state index in [1.54, 1.807) is 0 Å². The Balaban J connectivity index is 0.970. The smallest absolute Gasteiger partial charge is 0.143 e. The molecule has 3 aromatic heterocycles. The molecule has 0 radical (unpaired) electrons. The van der Waals surface area contributed by atoms with Crippen LogP contribution in [-0.4, -0.2) is 9.97 Å². The third-order valence-corrected chi connectivity index (χ3v) is 11.1. The van der Waals surface area contributed by atoms with E-state index >= 15 is 0 Å². The van der Waals surface area contributed by atoms with E-state index in [2.05, 4.69) is 152 Å². The minimum Gasteiger partial charge on any atom is -0.455 e. The molecular weight excluding hydrogens is 661 g/mol. The van der Waals surface area contributed by atoms with Crippen LogP contribution < -0.4 is 0 Å². The fourth-order valence-electron chi connectivity index (χ4n) is 8.55. The molecule has 9 aromatic carbocycles. The molecule has 12 rings (SSSR count). The van der Waals surface area contributed by atoms with Crippen LogP contribution in [0.15, 0.2) is 179 Å². The Morgan fingerprint density at radius 1 is 0.352 bits per heavy atom. The van der Waals surface area contributed by atoms with E-state index in [0.717, 1.165) is 110 Å². The maximum atomic E-state index is 6.87. The lowest BCUT2D eigenvalue weighted by molar-refractivity contribution is 0.665. The molecule has 4 heteroatoms. The van der Waals surface area contributed by atoms with E-state index in [9.17, 15) is 0 Å². The summed E-state index contributed by atoms with van der Waals surface area (Å²) in [6, 6.07) is 57.5. The highest BCUT2D eigenvalue weighted by molar-refractivity contribution is 6.23. The highest BCUT2D eigenvalue weighted by Crippen LogP contribution is 2.43. The Labute approximate surface area is 308 Å². The number of benzene rings is 9. The van der Waals surface area contributed by atoms with Crippen molar-refractivity contribution in [3.63, 3.8) is 0 Å². The van der Waals surface area contributed by atoms with Gasteiger partial charge in [-0.2, -0.15) is 0 Å². The molecule has 0 aliphatic heterocycles. The lowest BCUT2D eigenvalue weighted by Crippen LogP contribution is -1.92. The lowest BCUT2D eigenvalue weighted by atomic mass is 9.97. The van der Waals surface area contributed by atoms with Crippen molar-refractivity contribution in [3.8, 4) is 33.5 Å². The summed E-state index contributed by atoms with van der Waals surface area (Å²) in [7, 11) is 0. The second-order valence-electron chi connectivity index (χ2n) is 14.1. The largest absolute Gasteiger partial charge is 0.455 e. The van der Waals surface area contributed by atoms with Crippen molar-refractivity contribution >= 4 is 87.2 Å². The zero-order valence-corrected chi connectivity index (χ0v) is 28.9. The number of furan rings is 2. The van der Waals surface area contributed by atoms with Gasteiger partial charge in [-0.3, -0.25) is 4.98 Å². The molecule has 0 aliphatic rings. The van der Waals surface area contributed by atoms with Crippen molar-refractivity contribution in [1.29, 1.82) is 0 Å². The van der Waals surface area contributed by atoms with Crippen LogP contribution >= 0.6 is 0 Å². The van der Waals surface area contributed by atoms with Gasteiger partial charge in [0.1, 0.15) is 22.3 Å². The summed E-state index contributed by atoms with van der Waals surface area (Å²) < 4.78 is 13.3. The van der Waals surface area contributed by atoms with Gasteiger partial charge in [-0.1, -0.05) is 146 Å². The SMILES string of the molecule is c1ccc2c(c1)oc1c(-c3cccc4c3oc3c(-c5ccc6cc(-c7cnc8c9ccccc9c9ccccc9c8n7)ccc6c5)cccc34)cccc12. The molecule has 0 unspecified atom stereocenters. The maximum absolute atomic E-state index is 6.87. The first-order valence-electron chi connectivity index (χ1n) is 18.2. The van der Waals surface area contributed by atoms with Gasteiger partial charge >= 0.3 is 0 Å². The van der Waals surface area contributed by atoms with Gasteiger partial charge in [0, 0.05) is 54.6 Å². The van der Waals surface area contributed by atoms with Gasteiger partial charge in [0.05, 0.1) is 22.9 Å². The van der Waals surface area contributed by atoms with E-state index < -0.39 is 0 Å². The summed E-state index contributed by atoms with van der Waals surface area (Å²) in [4.78, 5) is 10.2. The number of aromatic nitrogens is 2. The zero-order chi connectivity index (χ0) is 35.3. The topological polar surface area (TPSA) is 52.1 Å². The summed E-state index contributed by atoms with van der Waals surface area (Å²) in [6.45, 7) is 0. The quantitative estimate of drug-likeness (QED) is 0.173. The third-order valence-electron chi connectivity index (χ3n) is 11.1. The fourth-order valence-corrected chi connectivity index (χ4v) is 8.55. The third kappa shape index (κ3) is 4.19. The van der Waals surface area contributed by atoms with Crippen molar-refractivity contribution in [3.05, 3.63) is 170 Å². The maximum Gasteiger partial charge on any atom is 0.143 e. The summed E-state index contributed by atoms with van der Waals surface area (Å²) in [5.74, 6) is 0. The fraction of sp³-hybridized carbons (Fsp3) is 0. The Morgan fingerprint density at radius 2 is 0.852 bits per heavy atom. The number of nitrogens with zero attached hydrogens (tertiary/aromatic N) is 2. The number of hydrogen-bond acceptors (Lipinski definition) is 4. The summed E-state index contributed by atoms with van der Waals surface area (Å²) in [5, 5.41) is 11.3. The molecule has 0 spiro atoms. The van der Waals surface area contributed by atoms with Gasteiger partial charge in [0.25, 0.3) is 0 Å². The van der Waals surface area contributed by atoms with Crippen molar-refractivity contribution in [2.75, 3.05) is 0 Å². The number of rotatable bonds is 3. The molecule has 3 heterocycles. The minimum absolute atomic E-state index is 0.857. The first-order valence-corrected chi connectivity index (χ1v) is 18.2. The normalized spacial score (nSPS) is 12.1. The standard InChI is InChI=1S/C50H28N2O2/c1-3-13-37-34(10-1)35-11-2-4-14-38(35)47-46(37)51-28-44(52-47)32-25-23-29-26-31(24-22-30(29)27-32)33-15-7-17-40-42-19-9-20-43(50(42)54-48(33)40)41-18-8-16-39-36-12-5-6-21-45(36)53-49(39)41/h1-28H. The molecular formula is C50H28N2O2. The van der Waals surface area contributed by atoms with Crippen LogP contribution in [0.25, 0.3) is 121 Å². The van der Waals surface area contributed by atoms with Crippen LogP contribution in [0.2, 0.25) is 0 Å². The molecule has 0 fully saturated rings. The van der Waals surface area contributed by atoms with Gasteiger partial charge in [-0.25, -0.2) is 4.98 Å². The van der Waals surface area contributed by atoms with Crippen molar-refractivity contribution in [2.45, 2.75) is 0 Å². The Hall–Kier alpha value is -7.30. The summed E-state index contributed by atoms with van der Waals surface area (Å²) in [5.41, 5.74) is 11.4. The highest BCUT2D eigenvalue weighted by Gasteiger charge is 2.19. The van der Waals surface area contributed by atoms with Gasteiger partial charge in [-0.05, 0) is 45.3 Å². The van der Waals surface area contributed by atoms with E-state index in [0.29, 0.717) is 0 Å². The van der Waals surface area contributed by atoms with E-state index in [4.69, 9.17) is 18.8 Å². The average Bonchev–Trinajstić information content (AvgIpc) is 3.82. The molecule has 0 atom stereocenters. The van der Waals surface area contributed by atoms with Gasteiger partial charge in [-0.15, -0.1) is 0 Å². The second kappa shape index (κ2) is 11.1. The first kappa shape index (κ1) is 29.3. The molecule has 0 saturated heterocycles. The molecule has 0 amide bonds. The Kier molecular flexibility index (Phi) is 6.02. The molecule has 0 bridgehead atoms. The average molecular weight is 689 g/mol. The van der Waals surface area contributed by atoms with E-state index in [-0.39, 0.29) is 0 Å². The zero-order valence-electron chi connectivity index (χ0n) is 28.9. The van der Waals surface area contributed by atoms with Crippen molar-refractivity contribution in [2.24, 2.45) is 0 Å². The molecule has 250 valence electrons. The Bertz CT molecular complexity index is 3480. The molecule has 0 aliphatic carbocycles. The van der Waals surface area contributed by atoms with Crippen LogP contribution in [0.5, 0.6) is 0 Å². The van der Waals surface area contributed by atoms with E-state index in [1.165, 1.54) is 10.8 Å². The lowest BCUT2D eigenvalue weighted by Gasteiger charge is -2.11. The summed E-state index contributed by atoms with van der Waals surface area (Å²) >= 11 is 0. The summed E-state index contributed by atoms with van der Waals surface area (Å²) in [6.07, 6.45) is 1.91. The predicted octanol–water partition coefficient (Wildman–Crippen LogP) is 13.9. The van der Waals surface area contributed by atoms with Crippen LogP contribution in [0, 0.1) is 0 Å². The predicted molar refractivity (Wildman–Crippen MR) is 223 cm³/mol. The van der Waals surface area contributed by atoms with Gasteiger partial charge in [0.2, 0.25) is 0 Å². The molecule has 0 N–H and O–H groups in total. The number of para-hydroxylation sites is 4. The second-order valence-corrected chi connectivity index (χ2v) is 14.1. The number of hydrogen-bond donors (Lipinski definition) is 0. The van der Waals surface area contributed by atoms with Crippen LogP contribution in [0.4, 0.5) is 0 Å². The van der Waals surface area contributed by atoms with Gasteiger partial charge < -0.3 is 8.83 Å². The molecule has 54 heavy (non-hydrogen) atoms. The van der Waals surface area contributed by atoms with Crippen molar-refractivity contribution in [1.82, 2.24) is 9.97 Å². The van der Waals surface area contributed by atoms with Gasteiger partial charge in [0.15, 0.2) is 0 Å². The molecule has 0 saturated carbocycles. The monoisotopic (exact) mass is 688 g/mol. The molecule has 4 nitrogen and oxygen atoms in total.